The second-order valence-electron chi connectivity index (χ2n) is 9.34. The quantitative estimate of drug-likeness (QED) is 0.504. The zero-order valence-electron chi connectivity index (χ0n) is 19.3. The van der Waals surface area contributed by atoms with Crippen LogP contribution in [0.15, 0.2) is 36.5 Å². The van der Waals surface area contributed by atoms with Crippen LogP contribution in [-0.4, -0.2) is 40.8 Å². The summed E-state index contributed by atoms with van der Waals surface area (Å²) in [6, 6.07) is 6.16. The van der Waals surface area contributed by atoms with Crippen LogP contribution in [-0.2, 0) is 4.79 Å². The van der Waals surface area contributed by atoms with Gasteiger partial charge in [-0.25, -0.2) is 9.37 Å². The average Bonchev–Trinajstić information content (AvgIpc) is 2.80. The molecule has 0 aliphatic heterocycles. The first-order chi connectivity index (χ1) is 16.9. The third kappa shape index (κ3) is 5.83. The molecule has 36 heavy (non-hydrogen) atoms. The van der Waals surface area contributed by atoms with Gasteiger partial charge in [0.05, 0.1) is 10.6 Å². The molecule has 194 valence electrons. The average molecular weight is 530 g/mol. The van der Waals surface area contributed by atoms with E-state index >= 15 is 0 Å². The molecule has 2 N–H and O–H groups in total. The second kappa shape index (κ2) is 9.76. The number of hydrogen-bond donors (Lipinski definition) is 2. The maximum Gasteiger partial charge on any atom is 0.574 e. The Labute approximate surface area is 209 Å². The molecule has 1 aromatic heterocycles. The topological polar surface area (TPSA) is 89.5 Å². The van der Waals surface area contributed by atoms with Gasteiger partial charge >= 0.3 is 6.36 Å². The summed E-state index contributed by atoms with van der Waals surface area (Å²) in [4.78, 5) is 28.9. The lowest BCUT2D eigenvalue weighted by atomic mass is 9.56. The standard InChI is InChI=1S/C24H24ClF4N3O4/c1-14-11-22(32-21(34)15-2-5-20(30-12-15)36-24(27,28)29)6-8-23(14,9-7-22)31-19(33)13-35-16-3-4-17(25)18(26)10-16/h2-5,10,12,14H,6-9,11,13H2,1H3,(H,31,33)(H,32,34). The number of amides is 2. The van der Waals surface area contributed by atoms with Crippen molar-refractivity contribution in [1.29, 1.82) is 0 Å². The summed E-state index contributed by atoms with van der Waals surface area (Å²) < 4.78 is 59.6. The number of fused-ring (bicyclic) bond motifs is 3. The van der Waals surface area contributed by atoms with Gasteiger partial charge in [0.15, 0.2) is 6.61 Å². The molecule has 3 fully saturated rings. The van der Waals surface area contributed by atoms with E-state index in [4.69, 9.17) is 16.3 Å². The van der Waals surface area contributed by atoms with Crippen LogP contribution >= 0.6 is 11.6 Å². The Hall–Kier alpha value is -3.08. The van der Waals surface area contributed by atoms with Gasteiger partial charge < -0.3 is 20.1 Å². The van der Waals surface area contributed by atoms with Crippen molar-refractivity contribution in [2.24, 2.45) is 5.92 Å². The molecule has 3 saturated carbocycles. The van der Waals surface area contributed by atoms with Gasteiger partial charge in [-0.05, 0) is 56.2 Å². The molecule has 0 saturated heterocycles. The Kier molecular flexibility index (Phi) is 7.05. The van der Waals surface area contributed by atoms with Gasteiger partial charge in [-0.2, -0.15) is 0 Å². The SMILES string of the molecule is CC1CC2(NC(=O)c3ccc(OC(F)(F)F)nc3)CCC1(NC(=O)COc1ccc(Cl)c(F)c1)CC2. The molecule has 0 spiro atoms. The minimum absolute atomic E-state index is 0.0387. The van der Waals surface area contributed by atoms with Crippen LogP contribution in [0.25, 0.3) is 0 Å². The van der Waals surface area contributed by atoms with Crippen molar-refractivity contribution in [2.45, 2.75) is 56.5 Å². The van der Waals surface area contributed by atoms with Crippen molar-refractivity contribution in [1.82, 2.24) is 15.6 Å². The van der Waals surface area contributed by atoms with Gasteiger partial charge in [-0.1, -0.05) is 18.5 Å². The number of carbonyl (C=O) groups excluding carboxylic acids is 2. The van der Waals surface area contributed by atoms with Crippen LogP contribution in [0.1, 0.15) is 49.4 Å². The molecule has 1 aromatic carbocycles. The number of pyridine rings is 1. The fraction of sp³-hybridized carbons (Fsp3) is 0.458. The van der Waals surface area contributed by atoms with E-state index in [9.17, 15) is 27.2 Å². The van der Waals surface area contributed by atoms with Crippen molar-refractivity contribution in [3.05, 3.63) is 52.9 Å². The summed E-state index contributed by atoms with van der Waals surface area (Å²) in [6.07, 6.45) is -0.703. The Morgan fingerprint density at radius 1 is 1.14 bits per heavy atom. The lowest BCUT2D eigenvalue weighted by Crippen LogP contribution is -2.67. The highest BCUT2D eigenvalue weighted by Gasteiger charge is 2.54. The van der Waals surface area contributed by atoms with E-state index in [-0.39, 0.29) is 34.8 Å². The van der Waals surface area contributed by atoms with E-state index in [1.807, 2.05) is 6.92 Å². The van der Waals surface area contributed by atoms with Gasteiger partial charge in [-0.15, -0.1) is 13.2 Å². The van der Waals surface area contributed by atoms with Crippen LogP contribution in [0.5, 0.6) is 11.6 Å². The molecule has 5 rings (SSSR count). The highest BCUT2D eigenvalue weighted by Crippen LogP contribution is 2.50. The molecule has 3 aliphatic carbocycles. The van der Waals surface area contributed by atoms with Crippen molar-refractivity contribution in [3.8, 4) is 11.6 Å². The van der Waals surface area contributed by atoms with Crippen LogP contribution in [0.3, 0.4) is 0 Å². The number of hydrogen-bond acceptors (Lipinski definition) is 5. The number of ether oxygens (including phenoxy) is 2. The molecule has 2 amide bonds. The normalized spacial score (nSPS) is 25.2. The third-order valence-electron chi connectivity index (χ3n) is 6.99. The zero-order valence-corrected chi connectivity index (χ0v) is 20.0. The number of nitrogens with one attached hydrogen (secondary N) is 2. The lowest BCUT2D eigenvalue weighted by Gasteiger charge is -2.57. The van der Waals surface area contributed by atoms with E-state index in [0.29, 0.717) is 32.1 Å². The van der Waals surface area contributed by atoms with Crippen LogP contribution in [0.2, 0.25) is 5.02 Å². The minimum Gasteiger partial charge on any atom is -0.484 e. The lowest BCUT2D eigenvalue weighted by molar-refractivity contribution is -0.276. The van der Waals surface area contributed by atoms with Crippen molar-refractivity contribution in [2.75, 3.05) is 6.61 Å². The molecule has 1 heterocycles. The van der Waals surface area contributed by atoms with Crippen molar-refractivity contribution in [3.63, 3.8) is 0 Å². The van der Waals surface area contributed by atoms with Crippen LogP contribution in [0, 0.1) is 11.7 Å². The number of rotatable bonds is 7. The Balaban J connectivity index is 1.32. The second-order valence-corrected chi connectivity index (χ2v) is 9.75. The largest absolute Gasteiger partial charge is 0.574 e. The summed E-state index contributed by atoms with van der Waals surface area (Å²) in [6.45, 7) is 1.72. The molecule has 0 radical (unpaired) electrons. The zero-order chi connectivity index (χ0) is 26.1. The predicted molar refractivity (Wildman–Crippen MR) is 121 cm³/mol. The van der Waals surface area contributed by atoms with Crippen LogP contribution < -0.4 is 20.1 Å². The van der Waals surface area contributed by atoms with Gasteiger partial charge in [0.2, 0.25) is 5.88 Å². The van der Waals surface area contributed by atoms with Gasteiger partial charge in [0.1, 0.15) is 11.6 Å². The first kappa shape index (κ1) is 26.0. The van der Waals surface area contributed by atoms with Gasteiger partial charge in [0, 0.05) is 29.4 Å². The number of alkyl halides is 3. The van der Waals surface area contributed by atoms with E-state index in [1.165, 1.54) is 18.2 Å². The number of halogens is 5. The summed E-state index contributed by atoms with van der Waals surface area (Å²) in [5.41, 5.74) is -0.810. The first-order valence-electron chi connectivity index (χ1n) is 11.3. The maximum atomic E-state index is 13.6. The Bertz CT molecular complexity index is 1140. The van der Waals surface area contributed by atoms with E-state index < -0.39 is 35.0 Å². The monoisotopic (exact) mass is 529 g/mol. The number of benzene rings is 1. The highest BCUT2D eigenvalue weighted by atomic mass is 35.5. The predicted octanol–water partition coefficient (Wildman–Crippen LogP) is 4.79. The fourth-order valence-corrected chi connectivity index (χ4v) is 5.23. The Morgan fingerprint density at radius 3 is 2.44 bits per heavy atom. The number of carbonyl (C=O) groups is 2. The summed E-state index contributed by atoms with van der Waals surface area (Å²) in [7, 11) is 0. The van der Waals surface area contributed by atoms with E-state index in [1.54, 1.807) is 0 Å². The van der Waals surface area contributed by atoms with E-state index in [0.717, 1.165) is 18.3 Å². The smallest absolute Gasteiger partial charge is 0.484 e. The van der Waals surface area contributed by atoms with Gasteiger partial charge in [0.25, 0.3) is 11.8 Å². The molecule has 2 bridgehead atoms. The third-order valence-corrected chi connectivity index (χ3v) is 7.29. The van der Waals surface area contributed by atoms with E-state index in [2.05, 4.69) is 20.4 Å². The highest BCUT2D eigenvalue weighted by molar-refractivity contribution is 6.30. The molecular formula is C24H24ClF4N3O4. The molecule has 1 atom stereocenters. The Morgan fingerprint density at radius 2 is 1.86 bits per heavy atom. The van der Waals surface area contributed by atoms with Crippen LogP contribution in [0.4, 0.5) is 17.6 Å². The number of nitrogens with zero attached hydrogens (tertiary/aromatic N) is 1. The fourth-order valence-electron chi connectivity index (χ4n) is 5.11. The van der Waals surface area contributed by atoms with Crippen molar-refractivity contribution >= 4 is 23.4 Å². The first-order valence-corrected chi connectivity index (χ1v) is 11.7. The van der Waals surface area contributed by atoms with Crippen molar-refractivity contribution < 1.29 is 36.6 Å². The molecule has 3 aliphatic rings. The minimum atomic E-state index is -4.86. The molecule has 2 aromatic rings. The summed E-state index contributed by atoms with van der Waals surface area (Å²) in [5, 5.41) is 6.08. The molecule has 12 heteroatoms. The maximum absolute atomic E-state index is 13.6. The number of aromatic nitrogens is 1. The molecule has 1 unspecified atom stereocenters. The van der Waals surface area contributed by atoms with Gasteiger partial charge in [-0.3, -0.25) is 9.59 Å². The molecular weight excluding hydrogens is 506 g/mol. The summed E-state index contributed by atoms with van der Waals surface area (Å²) in [5.74, 6) is -1.82. The summed E-state index contributed by atoms with van der Waals surface area (Å²) >= 11 is 5.65. The molecule has 7 nitrogen and oxygen atoms in total.